The van der Waals surface area contributed by atoms with Crippen molar-refractivity contribution in [1.29, 1.82) is 0 Å². The number of hydrogen-bond donors (Lipinski definition) is 1. The van der Waals surface area contributed by atoms with Crippen molar-refractivity contribution in [2.45, 2.75) is 25.4 Å². The molecule has 5 rings (SSSR count). The van der Waals surface area contributed by atoms with E-state index in [1.807, 2.05) is 12.1 Å². The summed E-state index contributed by atoms with van der Waals surface area (Å²) < 4.78 is 5.24. The molecule has 1 unspecified atom stereocenters. The molecular formula is C22H21N3O3. The van der Waals surface area contributed by atoms with Crippen LogP contribution in [0.3, 0.4) is 0 Å². The molecule has 6 nitrogen and oxygen atoms in total. The molecule has 1 atom stereocenters. The maximum Gasteiger partial charge on any atom is 0.251 e. The molecule has 0 saturated carbocycles. The molecule has 1 fully saturated rings. The summed E-state index contributed by atoms with van der Waals surface area (Å²) in [5.41, 5.74) is 4.17. The lowest BCUT2D eigenvalue weighted by molar-refractivity contribution is -0.123. The van der Waals surface area contributed by atoms with Crippen molar-refractivity contribution in [3.63, 3.8) is 0 Å². The highest BCUT2D eigenvalue weighted by Crippen LogP contribution is 2.33. The fourth-order valence-corrected chi connectivity index (χ4v) is 4.38. The molecule has 1 saturated heterocycles. The summed E-state index contributed by atoms with van der Waals surface area (Å²) in [6.45, 7) is 1.43. The molecule has 0 spiro atoms. The van der Waals surface area contributed by atoms with Crippen LogP contribution in [0.2, 0.25) is 0 Å². The van der Waals surface area contributed by atoms with Crippen LogP contribution in [-0.4, -0.2) is 41.4 Å². The van der Waals surface area contributed by atoms with Gasteiger partial charge in [0.25, 0.3) is 5.91 Å². The number of aromatic nitrogens is 1. The number of carbonyl (C=O) groups excluding carboxylic acids is 2. The predicted molar refractivity (Wildman–Crippen MR) is 106 cm³/mol. The molecule has 2 aliphatic rings. The fraction of sp³-hybridized carbons (Fsp3) is 0.273. The van der Waals surface area contributed by atoms with Gasteiger partial charge in [0, 0.05) is 42.2 Å². The Labute approximate surface area is 162 Å². The molecule has 1 N–H and O–H groups in total. The standard InChI is InChI=1S/C22H21N3O3/c1-28-15-6-4-5-14(11-15)25-21(26)12-20(22(25)27)24-10-9-19-17(13-24)16-7-2-3-8-18(16)23-19/h2-8,11,20,23H,9-10,12-13H2,1H3. The van der Waals surface area contributed by atoms with Crippen LogP contribution in [0.5, 0.6) is 5.75 Å². The third-order valence-electron chi connectivity index (χ3n) is 5.79. The topological polar surface area (TPSA) is 65.6 Å². The van der Waals surface area contributed by atoms with E-state index >= 15 is 0 Å². The Morgan fingerprint density at radius 3 is 2.82 bits per heavy atom. The molecule has 2 amide bonds. The summed E-state index contributed by atoms with van der Waals surface area (Å²) in [6, 6.07) is 14.9. The molecule has 0 aliphatic carbocycles. The van der Waals surface area contributed by atoms with E-state index in [4.69, 9.17) is 4.74 Å². The minimum absolute atomic E-state index is 0.151. The van der Waals surface area contributed by atoms with Crippen LogP contribution in [0.25, 0.3) is 10.9 Å². The SMILES string of the molecule is COc1cccc(N2C(=O)CC(N3CCc4[nH]c5ccccc5c4C3)C2=O)c1. The number of anilines is 1. The van der Waals surface area contributed by atoms with Crippen molar-refractivity contribution in [2.24, 2.45) is 0 Å². The Balaban J connectivity index is 1.43. The minimum Gasteiger partial charge on any atom is -0.497 e. The van der Waals surface area contributed by atoms with E-state index in [2.05, 4.69) is 22.0 Å². The largest absolute Gasteiger partial charge is 0.497 e. The average Bonchev–Trinajstić information content (AvgIpc) is 3.24. The zero-order chi connectivity index (χ0) is 19.3. The fourth-order valence-electron chi connectivity index (χ4n) is 4.38. The smallest absolute Gasteiger partial charge is 0.251 e. The van der Waals surface area contributed by atoms with Crippen LogP contribution in [0.15, 0.2) is 48.5 Å². The lowest BCUT2D eigenvalue weighted by atomic mass is 10.0. The Bertz CT molecular complexity index is 1090. The van der Waals surface area contributed by atoms with Crippen LogP contribution in [0.4, 0.5) is 5.69 Å². The van der Waals surface area contributed by atoms with Crippen molar-refractivity contribution >= 4 is 28.4 Å². The molecule has 1 aromatic heterocycles. The average molecular weight is 375 g/mol. The van der Waals surface area contributed by atoms with Crippen molar-refractivity contribution in [3.8, 4) is 5.75 Å². The third kappa shape index (κ3) is 2.60. The van der Waals surface area contributed by atoms with Gasteiger partial charge in [0.2, 0.25) is 5.91 Å². The van der Waals surface area contributed by atoms with Gasteiger partial charge in [-0.2, -0.15) is 0 Å². The molecule has 0 radical (unpaired) electrons. The highest BCUT2D eigenvalue weighted by Gasteiger charge is 2.43. The second kappa shape index (κ2) is 6.49. The summed E-state index contributed by atoms with van der Waals surface area (Å²) in [7, 11) is 1.57. The summed E-state index contributed by atoms with van der Waals surface area (Å²) in [5, 5.41) is 1.20. The van der Waals surface area contributed by atoms with Gasteiger partial charge in [-0.1, -0.05) is 24.3 Å². The van der Waals surface area contributed by atoms with E-state index < -0.39 is 6.04 Å². The molecule has 28 heavy (non-hydrogen) atoms. The normalized spacial score (nSPS) is 20.0. The molecule has 2 aliphatic heterocycles. The first-order valence-corrected chi connectivity index (χ1v) is 9.49. The number of nitrogens with zero attached hydrogens (tertiary/aromatic N) is 2. The maximum absolute atomic E-state index is 13.1. The molecule has 142 valence electrons. The number of amides is 2. The van der Waals surface area contributed by atoms with Gasteiger partial charge < -0.3 is 9.72 Å². The first-order chi connectivity index (χ1) is 13.7. The summed E-state index contributed by atoms with van der Waals surface area (Å²) >= 11 is 0. The number of fused-ring (bicyclic) bond motifs is 3. The number of nitrogens with one attached hydrogen (secondary N) is 1. The van der Waals surface area contributed by atoms with Crippen LogP contribution in [-0.2, 0) is 22.6 Å². The van der Waals surface area contributed by atoms with Crippen molar-refractivity contribution in [1.82, 2.24) is 9.88 Å². The molecular weight excluding hydrogens is 354 g/mol. The lowest BCUT2D eigenvalue weighted by Gasteiger charge is -2.31. The Morgan fingerprint density at radius 2 is 1.96 bits per heavy atom. The van der Waals surface area contributed by atoms with Gasteiger partial charge in [-0.05, 0) is 23.8 Å². The number of para-hydroxylation sites is 1. The second-order valence-electron chi connectivity index (χ2n) is 7.34. The van der Waals surface area contributed by atoms with Gasteiger partial charge in [0.1, 0.15) is 5.75 Å². The van der Waals surface area contributed by atoms with Crippen LogP contribution < -0.4 is 9.64 Å². The highest BCUT2D eigenvalue weighted by atomic mass is 16.5. The molecule has 3 aromatic rings. The van der Waals surface area contributed by atoms with Gasteiger partial charge in [-0.15, -0.1) is 0 Å². The first kappa shape index (κ1) is 17.0. The first-order valence-electron chi connectivity index (χ1n) is 9.49. The van der Waals surface area contributed by atoms with Crippen molar-refractivity contribution in [2.75, 3.05) is 18.6 Å². The number of rotatable bonds is 3. The van der Waals surface area contributed by atoms with E-state index in [0.29, 0.717) is 18.0 Å². The Hall–Kier alpha value is -3.12. The number of methoxy groups -OCH3 is 1. The number of imide groups is 1. The highest BCUT2D eigenvalue weighted by molar-refractivity contribution is 6.22. The van der Waals surface area contributed by atoms with Crippen LogP contribution in [0, 0.1) is 0 Å². The third-order valence-corrected chi connectivity index (χ3v) is 5.79. The lowest BCUT2D eigenvalue weighted by Crippen LogP contribution is -2.44. The number of carbonyl (C=O) groups is 2. The molecule has 0 bridgehead atoms. The van der Waals surface area contributed by atoms with Gasteiger partial charge >= 0.3 is 0 Å². The van der Waals surface area contributed by atoms with Crippen molar-refractivity contribution in [3.05, 3.63) is 59.8 Å². The van der Waals surface area contributed by atoms with Gasteiger partial charge in [0.15, 0.2) is 0 Å². The maximum atomic E-state index is 13.1. The van der Waals surface area contributed by atoms with E-state index in [-0.39, 0.29) is 18.2 Å². The minimum atomic E-state index is -0.416. The number of benzene rings is 2. The predicted octanol–water partition coefficient (Wildman–Crippen LogP) is 2.87. The van der Waals surface area contributed by atoms with Gasteiger partial charge in [-0.25, -0.2) is 4.90 Å². The zero-order valence-corrected chi connectivity index (χ0v) is 15.6. The van der Waals surface area contributed by atoms with E-state index in [1.165, 1.54) is 21.5 Å². The van der Waals surface area contributed by atoms with Gasteiger partial charge in [0.05, 0.1) is 25.3 Å². The number of aromatic amines is 1. The number of hydrogen-bond acceptors (Lipinski definition) is 4. The Morgan fingerprint density at radius 1 is 1.11 bits per heavy atom. The van der Waals surface area contributed by atoms with E-state index in [9.17, 15) is 9.59 Å². The number of H-pyrrole nitrogens is 1. The van der Waals surface area contributed by atoms with Gasteiger partial charge in [-0.3, -0.25) is 14.5 Å². The zero-order valence-electron chi connectivity index (χ0n) is 15.6. The number of ether oxygens (including phenoxy) is 1. The molecule has 2 aromatic carbocycles. The van der Waals surface area contributed by atoms with Crippen molar-refractivity contribution < 1.29 is 14.3 Å². The summed E-state index contributed by atoms with van der Waals surface area (Å²) in [5.74, 6) is 0.317. The molecule has 3 heterocycles. The summed E-state index contributed by atoms with van der Waals surface area (Å²) in [6.07, 6.45) is 1.06. The van der Waals surface area contributed by atoms with E-state index in [0.717, 1.165) is 18.5 Å². The van der Waals surface area contributed by atoms with Crippen LogP contribution in [0.1, 0.15) is 17.7 Å². The van der Waals surface area contributed by atoms with Crippen LogP contribution >= 0.6 is 0 Å². The second-order valence-corrected chi connectivity index (χ2v) is 7.34. The monoisotopic (exact) mass is 375 g/mol. The summed E-state index contributed by atoms with van der Waals surface area (Å²) in [4.78, 5) is 32.8. The van der Waals surface area contributed by atoms with E-state index in [1.54, 1.807) is 31.4 Å². The quantitative estimate of drug-likeness (QED) is 0.715. The molecule has 6 heteroatoms. The Kier molecular flexibility index (Phi) is 3.94.